The SMILES string of the molecule is CC(C)CC(N)C(=O)Nc1ccc(OCCCCCN)c(C(N)=O)c1. The minimum atomic E-state index is -0.612. The van der Waals surface area contributed by atoms with E-state index in [0.717, 1.165) is 19.3 Å². The monoisotopic (exact) mass is 350 g/mol. The molecule has 1 aromatic carbocycles. The molecule has 0 spiro atoms. The average Bonchev–Trinajstić information content (AvgIpc) is 2.54. The highest BCUT2D eigenvalue weighted by Crippen LogP contribution is 2.23. The van der Waals surface area contributed by atoms with Crippen LogP contribution in [0.25, 0.3) is 0 Å². The van der Waals surface area contributed by atoms with Crippen molar-refractivity contribution in [3.8, 4) is 5.75 Å². The smallest absolute Gasteiger partial charge is 0.252 e. The summed E-state index contributed by atoms with van der Waals surface area (Å²) in [6.45, 7) is 5.13. The molecule has 7 N–H and O–H groups in total. The number of benzene rings is 1. The van der Waals surface area contributed by atoms with E-state index in [1.807, 2.05) is 13.8 Å². The second-order valence-corrected chi connectivity index (χ2v) is 6.50. The molecule has 0 aliphatic heterocycles. The van der Waals surface area contributed by atoms with E-state index >= 15 is 0 Å². The number of hydrogen-bond acceptors (Lipinski definition) is 5. The highest BCUT2D eigenvalue weighted by Gasteiger charge is 2.17. The summed E-state index contributed by atoms with van der Waals surface area (Å²) in [5.41, 5.74) is 17.4. The number of primary amides is 1. The van der Waals surface area contributed by atoms with Crippen LogP contribution in [-0.4, -0.2) is 31.0 Å². The minimum Gasteiger partial charge on any atom is -0.493 e. The molecule has 0 fully saturated rings. The third-order valence-electron chi connectivity index (χ3n) is 3.68. The molecule has 1 aromatic rings. The Balaban J connectivity index is 2.73. The highest BCUT2D eigenvalue weighted by molar-refractivity contribution is 5.99. The van der Waals surface area contributed by atoms with Gasteiger partial charge < -0.3 is 27.3 Å². The van der Waals surface area contributed by atoms with Gasteiger partial charge in [-0.1, -0.05) is 13.8 Å². The Hall–Kier alpha value is -2.12. The Morgan fingerprint density at radius 2 is 1.92 bits per heavy atom. The van der Waals surface area contributed by atoms with Crippen molar-refractivity contribution in [1.82, 2.24) is 0 Å². The van der Waals surface area contributed by atoms with Crippen LogP contribution in [0.4, 0.5) is 5.69 Å². The number of hydrogen-bond donors (Lipinski definition) is 4. The van der Waals surface area contributed by atoms with Crippen molar-refractivity contribution in [2.45, 2.75) is 45.6 Å². The second-order valence-electron chi connectivity index (χ2n) is 6.50. The lowest BCUT2D eigenvalue weighted by atomic mass is 10.0. The van der Waals surface area contributed by atoms with Gasteiger partial charge in [0.15, 0.2) is 0 Å². The van der Waals surface area contributed by atoms with Gasteiger partial charge >= 0.3 is 0 Å². The van der Waals surface area contributed by atoms with E-state index in [2.05, 4.69) is 5.32 Å². The quantitative estimate of drug-likeness (QED) is 0.450. The van der Waals surface area contributed by atoms with E-state index in [1.54, 1.807) is 12.1 Å². The predicted octanol–water partition coefficient (Wildman–Crippen LogP) is 1.61. The third-order valence-corrected chi connectivity index (χ3v) is 3.68. The molecule has 0 aliphatic rings. The van der Waals surface area contributed by atoms with Gasteiger partial charge in [0.05, 0.1) is 18.2 Å². The number of amides is 2. The van der Waals surface area contributed by atoms with Gasteiger partial charge in [-0.15, -0.1) is 0 Å². The van der Waals surface area contributed by atoms with Gasteiger partial charge in [-0.3, -0.25) is 9.59 Å². The van der Waals surface area contributed by atoms with Crippen molar-refractivity contribution < 1.29 is 14.3 Å². The van der Waals surface area contributed by atoms with Crippen LogP contribution in [0.1, 0.15) is 49.9 Å². The maximum Gasteiger partial charge on any atom is 0.252 e. The van der Waals surface area contributed by atoms with Crippen LogP contribution in [-0.2, 0) is 4.79 Å². The molecule has 0 saturated heterocycles. The summed E-state index contributed by atoms with van der Waals surface area (Å²) < 4.78 is 5.63. The van der Waals surface area contributed by atoms with Crippen molar-refractivity contribution in [2.24, 2.45) is 23.1 Å². The number of carbonyl (C=O) groups is 2. The molecule has 0 aromatic heterocycles. The Bertz CT molecular complexity index is 575. The maximum atomic E-state index is 12.1. The average molecular weight is 350 g/mol. The number of rotatable bonds is 11. The topological polar surface area (TPSA) is 133 Å². The van der Waals surface area contributed by atoms with Crippen molar-refractivity contribution in [2.75, 3.05) is 18.5 Å². The molecule has 1 unspecified atom stereocenters. The van der Waals surface area contributed by atoms with E-state index in [4.69, 9.17) is 21.9 Å². The maximum absolute atomic E-state index is 12.1. The molecule has 1 rings (SSSR count). The molecule has 0 heterocycles. The fourth-order valence-electron chi connectivity index (χ4n) is 2.38. The van der Waals surface area contributed by atoms with Gasteiger partial charge in [-0.05, 0) is 56.3 Å². The Labute approximate surface area is 149 Å². The molecular weight excluding hydrogens is 320 g/mol. The zero-order chi connectivity index (χ0) is 18.8. The third kappa shape index (κ3) is 7.53. The molecule has 0 bridgehead atoms. The van der Waals surface area contributed by atoms with Crippen LogP contribution >= 0.6 is 0 Å². The van der Waals surface area contributed by atoms with Crippen LogP contribution in [0.2, 0.25) is 0 Å². The van der Waals surface area contributed by atoms with Crippen LogP contribution in [0.5, 0.6) is 5.75 Å². The Morgan fingerprint density at radius 3 is 2.52 bits per heavy atom. The van der Waals surface area contributed by atoms with Gasteiger partial charge in [0.2, 0.25) is 5.91 Å². The number of carbonyl (C=O) groups excluding carboxylic acids is 2. The summed E-state index contributed by atoms with van der Waals surface area (Å²) in [5, 5.41) is 2.71. The van der Waals surface area contributed by atoms with Crippen molar-refractivity contribution >= 4 is 17.5 Å². The molecule has 140 valence electrons. The van der Waals surface area contributed by atoms with Crippen LogP contribution in [0.15, 0.2) is 18.2 Å². The van der Waals surface area contributed by atoms with E-state index in [-0.39, 0.29) is 11.5 Å². The lowest BCUT2D eigenvalue weighted by molar-refractivity contribution is -0.117. The largest absolute Gasteiger partial charge is 0.493 e. The summed E-state index contributed by atoms with van der Waals surface area (Å²) in [5.74, 6) is -0.180. The number of ether oxygens (including phenoxy) is 1. The fraction of sp³-hybridized carbons (Fsp3) is 0.556. The van der Waals surface area contributed by atoms with E-state index in [9.17, 15) is 9.59 Å². The van der Waals surface area contributed by atoms with Crippen molar-refractivity contribution in [3.63, 3.8) is 0 Å². The summed E-state index contributed by atoms with van der Waals surface area (Å²) in [7, 11) is 0. The predicted molar refractivity (Wildman–Crippen MR) is 99.4 cm³/mol. The number of nitrogens with two attached hydrogens (primary N) is 3. The van der Waals surface area contributed by atoms with Crippen molar-refractivity contribution in [1.29, 1.82) is 0 Å². The van der Waals surface area contributed by atoms with Crippen molar-refractivity contribution in [3.05, 3.63) is 23.8 Å². The van der Waals surface area contributed by atoms with Gasteiger partial charge in [-0.2, -0.15) is 0 Å². The molecule has 0 aliphatic carbocycles. The highest BCUT2D eigenvalue weighted by atomic mass is 16.5. The second kappa shape index (κ2) is 10.7. The minimum absolute atomic E-state index is 0.231. The van der Waals surface area contributed by atoms with Gasteiger partial charge in [0.25, 0.3) is 5.91 Å². The molecule has 25 heavy (non-hydrogen) atoms. The Morgan fingerprint density at radius 1 is 1.20 bits per heavy atom. The number of nitrogens with one attached hydrogen (secondary N) is 1. The fourth-order valence-corrected chi connectivity index (χ4v) is 2.38. The summed E-state index contributed by atoms with van der Waals surface area (Å²) in [4.78, 5) is 23.8. The van der Waals surface area contributed by atoms with Gasteiger partial charge in [0.1, 0.15) is 5.75 Å². The standard InChI is InChI=1S/C18H30N4O3/c1-12(2)10-15(20)18(24)22-13-6-7-16(14(11-13)17(21)23)25-9-5-3-4-8-19/h6-7,11-12,15H,3-5,8-10,19-20H2,1-2H3,(H2,21,23)(H,22,24). The van der Waals surface area contributed by atoms with E-state index < -0.39 is 11.9 Å². The first-order valence-electron chi connectivity index (χ1n) is 8.68. The molecule has 7 heteroatoms. The number of unbranched alkanes of at least 4 members (excludes halogenated alkanes) is 2. The number of anilines is 1. The summed E-state index contributed by atoms with van der Waals surface area (Å²) in [6, 6.07) is 4.21. The van der Waals surface area contributed by atoms with Crippen LogP contribution < -0.4 is 27.3 Å². The molecule has 2 amide bonds. The van der Waals surface area contributed by atoms with Crippen LogP contribution in [0.3, 0.4) is 0 Å². The molecule has 1 atom stereocenters. The molecule has 0 radical (unpaired) electrons. The molecule has 7 nitrogen and oxygen atoms in total. The van der Waals surface area contributed by atoms with Crippen LogP contribution in [0, 0.1) is 5.92 Å². The molecule has 0 saturated carbocycles. The zero-order valence-electron chi connectivity index (χ0n) is 15.1. The van der Waals surface area contributed by atoms with Gasteiger partial charge in [0, 0.05) is 5.69 Å². The first-order valence-corrected chi connectivity index (χ1v) is 8.68. The summed E-state index contributed by atoms with van der Waals surface area (Å²) >= 11 is 0. The lowest BCUT2D eigenvalue weighted by Crippen LogP contribution is -2.36. The Kier molecular flexibility index (Phi) is 8.94. The normalized spacial score (nSPS) is 12.0. The zero-order valence-corrected chi connectivity index (χ0v) is 15.1. The lowest BCUT2D eigenvalue weighted by Gasteiger charge is -2.15. The first kappa shape index (κ1) is 20.9. The molecular formula is C18H30N4O3. The summed E-state index contributed by atoms with van der Waals surface area (Å²) in [6.07, 6.45) is 3.33. The van der Waals surface area contributed by atoms with E-state index in [1.165, 1.54) is 6.07 Å². The van der Waals surface area contributed by atoms with Gasteiger partial charge in [-0.25, -0.2) is 0 Å². The first-order chi connectivity index (χ1) is 11.8. The van der Waals surface area contributed by atoms with E-state index in [0.29, 0.717) is 36.9 Å².